The Morgan fingerprint density at radius 2 is 2.21 bits per heavy atom. The van der Waals surface area contributed by atoms with Crippen LogP contribution in [0.2, 0.25) is 0 Å². The molecule has 1 N–H and O–H groups in total. The highest BCUT2D eigenvalue weighted by Crippen LogP contribution is 2.15. The molecule has 2 aromatic heterocycles. The average Bonchev–Trinajstić information content (AvgIpc) is 2.97. The fourth-order valence-electron chi connectivity index (χ4n) is 1.96. The molecule has 104 valence electrons. The minimum Gasteiger partial charge on any atom is -0.349 e. The van der Waals surface area contributed by atoms with Crippen molar-refractivity contribution in [3.63, 3.8) is 0 Å². The molecule has 0 atom stereocenters. The van der Waals surface area contributed by atoms with Crippen molar-refractivity contribution in [2.45, 2.75) is 20.8 Å². The third-order valence-corrected chi connectivity index (χ3v) is 4.19. The maximum Gasteiger partial charge on any atom is 0.271 e. The largest absolute Gasteiger partial charge is 0.349 e. The summed E-state index contributed by atoms with van der Waals surface area (Å²) in [6.07, 6.45) is 1.80. The number of carbonyl (C=O) groups is 1. The van der Waals surface area contributed by atoms with Crippen molar-refractivity contribution in [3.05, 3.63) is 23.0 Å². The smallest absolute Gasteiger partial charge is 0.271 e. The van der Waals surface area contributed by atoms with E-state index in [1.165, 1.54) is 0 Å². The van der Waals surface area contributed by atoms with Crippen LogP contribution < -0.4 is 5.32 Å². The molecular weight excluding hydrogens is 260 g/mol. The molecule has 0 spiro atoms. The van der Waals surface area contributed by atoms with Crippen LogP contribution in [0.3, 0.4) is 0 Å². The number of likely N-dealkylation sites (N-methyl/N-ethyl adjacent to an activating group) is 1. The van der Waals surface area contributed by atoms with Gasteiger partial charge in [-0.05, 0) is 20.0 Å². The van der Waals surface area contributed by atoms with E-state index in [9.17, 15) is 4.79 Å². The lowest BCUT2D eigenvalue weighted by Crippen LogP contribution is -2.34. The second-order valence-electron chi connectivity index (χ2n) is 4.44. The average molecular weight is 280 g/mol. The SMILES string of the molecule is CCN(CC)CCNC(=O)c1cn2c(C)csc2n1. The highest BCUT2D eigenvalue weighted by Gasteiger charge is 2.12. The number of hydrogen-bond acceptors (Lipinski definition) is 4. The van der Waals surface area contributed by atoms with Gasteiger partial charge in [0, 0.05) is 30.4 Å². The van der Waals surface area contributed by atoms with Gasteiger partial charge in [0.25, 0.3) is 5.91 Å². The molecule has 0 aliphatic carbocycles. The topological polar surface area (TPSA) is 49.6 Å². The molecule has 1 amide bonds. The molecule has 19 heavy (non-hydrogen) atoms. The monoisotopic (exact) mass is 280 g/mol. The minimum absolute atomic E-state index is 0.0949. The first-order chi connectivity index (χ1) is 9.15. The molecule has 2 rings (SSSR count). The van der Waals surface area contributed by atoms with Crippen molar-refractivity contribution in [3.8, 4) is 0 Å². The van der Waals surface area contributed by atoms with Crippen LogP contribution in [0.1, 0.15) is 30.0 Å². The number of aryl methyl sites for hydroxylation is 1. The summed E-state index contributed by atoms with van der Waals surface area (Å²) in [5, 5.41) is 4.95. The molecule has 0 aliphatic rings. The number of nitrogens with one attached hydrogen (secondary N) is 1. The van der Waals surface area contributed by atoms with Crippen molar-refractivity contribution in [2.24, 2.45) is 0 Å². The molecule has 0 bridgehead atoms. The number of hydrogen-bond donors (Lipinski definition) is 1. The first-order valence-electron chi connectivity index (χ1n) is 6.59. The number of amides is 1. The van der Waals surface area contributed by atoms with E-state index in [4.69, 9.17) is 0 Å². The third kappa shape index (κ3) is 3.13. The van der Waals surface area contributed by atoms with Gasteiger partial charge in [-0.2, -0.15) is 0 Å². The Morgan fingerprint density at radius 1 is 1.47 bits per heavy atom. The van der Waals surface area contributed by atoms with Crippen LogP contribution in [0.4, 0.5) is 0 Å². The van der Waals surface area contributed by atoms with E-state index in [2.05, 4.69) is 29.0 Å². The maximum atomic E-state index is 12.0. The zero-order valence-corrected chi connectivity index (χ0v) is 12.5. The molecule has 6 heteroatoms. The molecule has 0 unspecified atom stereocenters. The van der Waals surface area contributed by atoms with Gasteiger partial charge in [0.05, 0.1) is 0 Å². The molecule has 2 heterocycles. The van der Waals surface area contributed by atoms with Crippen molar-refractivity contribution >= 4 is 22.2 Å². The predicted molar refractivity (Wildman–Crippen MR) is 77.9 cm³/mol. The highest BCUT2D eigenvalue weighted by atomic mass is 32.1. The van der Waals surface area contributed by atoms with Gasteiger partial charge in [-0.1, -0.05) is 13.8 Å². The van der Waals surface area contributed by atoms with Crippen molar-refractivity contribution in [1.29, 1.82) is 0 Å². The van der Waals surface area contributed by atoms with Gasteiger partial charge in [-0.25, -0.2) is 4.98 Å². The first kappa shape index (κ1) is 14.0. The summed E-state index contributed by atoms with van der Waals surface area (Å²) in [5.41, 5.74) is 1.60. The van der Waals surface area contributed by atoms with Crippen molar-refractivity contribution in [1.82, 2.24) is 19.6 Å². The molecule has 0 saturated carbocycles. The van der Waals surface area contributed by atoms with Gasteiger partial charge < -0.3 is 10.2 Å². The normalized spacial score (nSPS) is 11.4. The summed E-state index contributed by atoms with van der Waals surface area (Å²) in [6.45, 7) is 9.80. The van der Waals surface area contributed by atoms with E-state index >= 15 is 0 Å². The van der Waals surface area contributed by atoms with Gasteiger partial charge in [0.15, 0.2) is 4.96 Å². The minimum atomic E-state index is -0.0949. The Kier molecular flexibility index (Phi) is 4.55. The molecule has 0 aromatic carbocycles. The second kappa shape index (κ2) is 6.16. The quantitative estimate of drug-likeness (QED) is 0.877. The molecule has 0 saturated heterocycles. The lowest BCUT2D eigenvalue weighted by molar-refractivity contribution is 0.0944. The number of imidazole rings is 1. The fourth-order valence-corrected chi connectivity index (χ4v) is 2.81. The van der Waals surface area contributed by atoms with E-state index in [0.717, 1.165) is 30.3 Å². The molecule has 2 aromatic rings. The maximum absolute atomic E-state index is 12.0. The van der Waals surface area contributed by atoms with Crippen molar-refractivity contribution in [2.75, 3.05) is 26.2 Å². The molecular formula is C13H20N4OS. The van der Waals surface area contributed by atoms with Crippen LogP contribution in [-0.4, -0.2) is 46.4 Å². The van der Waals surface area contributed by atoms with E-state index < -0.39 is 0 Å². The second-order valence-corrected chi connectivity index (χ2v) is 5.28. The Balaban J connectivity index is 1.92. The zero-order valence-electron chi connectivity index (χ0n) is 11.6. The third-order valence-electron chi connectivity index (χ3n) is 3.23. The summed E-state index contributed by atoms with van der Waals surface area (Å²) in [5.74, 6) is -0.0949. The van der Waals surface area contributed by atoms with Gasteiger partial charge in [-0.3, -0.25) is 9.20 Å². The summed E-state index contributed by atoms with van der Waals surface area (Å²) in [6, 6.07) is 0. The van der Waals surface area contributed by atoms with E-state index in [-0.39, 0.29) is 5.91 Å². The predicted octanol–water partition coefficient (Wildman–Crippen LogP) is 1.78. The van der Waals surface area contributed by atoms with Crippen LogP contribution in [0.15, 0.2) is 11.6 Å². The number of thiazole rings is 1. The van der Waals surface area contributed by atoms with Gasteiger partial charge in [-0.15, -0.1) is 11.3 Å². The molecule has 0 aliphatic heterocycles. The van der Waals surface area contributed by atoms with E-state index in [1.807, 2.05) is 16.7 Å². The number of fused-ring (bicyclic) bond motifs is 1. The molecule has 0 radical (unpaired) electrons. The van der Waals surface area contributed by atoms with Crippen LogP contribution in [0.25, 0.3) is 4.96 Å². The fraction of sp³-hybridized carbons (Fsp3) is 0.538. The first-order valence-corrected chi connectivity index (χ1v) is 7.47. The van der Waals surface area contributed by atoms with Crippen LogP contribution in [0.5, 0.6) is 0 Å². The lowest BCUT2D eigenvalue weighted by atomic mass is 10.4. The van der Waals surface area contributed by atoms with Gasteiger partial charge in [0.2, 0.25) is 0 Å². The number of carbonyl (C=O) groups excluding carboxylic acids is 1. The summed E-state index contributed by atoms with van der Waals surface area (Å²) < 4.78 is 1.95. The Labute approximate surface area is 117 Å². The lowest BCUT2D eigenvalue weighted by Gasteiger charge is -2.17. The van der Waals surface area contributed by atoms with Gasteiger partial charge in [0.1, 0.15) is 5.69 Å². The van der Waals surface area contributed by atoms with Crippen LogP contribution in [-0.2, 0) is 0 Å². The van der Waals surface area contributed by atoms with Crippen molar-refractivity contribution < 1.29 is 4.79 Å². The molecule has 5 nitrogen and oxygen atoms in total. The zero-order chi connectivity index (χ0) is 13.8. The summed E-state index contributed by atoms with van der Waals surface area (Å²) in [7, 11) is 0. The van der Waals surface area contributed by atoms with E-state index in [0.29, 0.717) is 12.2 Å². The van der Waals surface area contributed by atoms with Gasteiger partial charge >= 0.3 is 0 Å². The number of aromatic nitrogens is 2. The van der Waals surface area contributed by atoms with E-state index in [1.54, 1.807) is 17.5 Å². The van der Waals surface area contributed by atoms with Crippen LogP contribution >= 0.6 is 11.3 Å². The standard InChI is InChI=1S/C13H20N4OS/c1-4-16(5-2)7-6-14-12(18)11-8-17-10(3)9-19-13(17)15-11/h8-9H,4-7H2,1-3H3,(H,14,18). The highest BCUT2D eigenvalue weighted by molar-refractivity contribution is 7.15. The Bertz CT molecular complexity index is 556. The number of nitrogens with zero attached hydrogens (tertiary/aromatic N) is 3. The number of rotatable bonds is 6. The van der Waals surface area contributed by atoms with Crippen LogP contribution in [0, 0.1) is 6.92 Å². The Morgan fingerprint density at radius 3 is 2.84 bits per heavy atom. The summed E-state index contributed by atoms with van der Waals surface area (Å²) in [4.78, 5) is 19.4. The Hall–Kier alpha value is -1.40. The summed E-state index contributed by atoms with van der Waals surface area (Å²) >= 11 is 1.55. The molecule has 0 fully saturated rings.